The fraction of sp³-hybridized carbons (Fsp3) is 0.200. The number of rotatable bonds is 5. The molecule has 0 aliphatic carbocycles. The van der Waals surface area contributed by atoms with Crippen LogP contribution in [0.1, 0.15) is 23.0 Å². The Labute approximate surface area is 121 Å². The molecule has 104 valence electrons. The van der Waals surface area contributed by atoms with E-state index in [1.54, 1.807) is 47.2 Å². The molecular weight excluding hydrogens is 278 g/mol. The highest BCUT2D eigenvalue weighted by Crippen LogP contribution is 2.19. The molecular formula is C15H14ClNO3. The molecule has 0 saturated heterocycles. The molecule has 0 aliphatic heterocycles. The lowest BCUT2D eigenvalue weighted by Crippen LogP contribution is -2.14. The van der Waals surface area contributed by atoms with Gasteiger partial charge >= 0.3 is 5.97 Å². The summed E-state index contributed by atoms with van der Waals surface area (Å²) in [6, 6.07) is 10.4. The van der Waals surface area contributed by atoms with Crippen LogP contribution in [0.15, 0.2) is 42.6 Å². The van der Waals surface area contributed by atoms with Crippen LogP contribution < -0.4 is 0 Å². The zero-order chi connectivity index (χ0) is 14.5. The van der Waals surface area contributed by atoms with E-state index in [2.05, 4.69) is 0 Å². The molecule has 1 aromatic carbocycles. The van der Waals surface area contributed by atoms with Gasteiger partial charge in [0.25, 0.3) is 0 Å². The smallest absolute Gasteiger partial charge is 0.302 e. The van der Waals surface area contributed by atoms with Crippen LogP contribution in [0.25, 0.3) is 0 Å². The normalized spacial score (nSPS) is 10.3. The number of hydrogen-bond acceptors (Lipinski definition) is 3. The minimum absolute atomic E-state index is 0.150. The monoisotopic (exact) mass is 291 g/mol. The van der Waals surface area contributed by atoms with Gasteiger partial charge in [0.2, 0.25) is 5.78 Å². The molecule has 0 radical (unpaired) electrons. The summed E-state index contributed by atoms with van der Waals surface area (Å²) in [5.74, 6) is -0.487. The highest BCUT2D eigenvalue weighted by atomic mass is 35.5. The predicted octanol–water partition coefficient (Wildman–Crippen LogP) is 2.94. The van der Waals surface area contributed by atoms with Crippen molar-refractivity contribution in [2.75, 3.05) is 6.61 Å². The topological polar surface area (TPSA) is 48.3 Å². The molecule has 0 saturated carbocycles. The molecule has 20 heavy (non-hydrogen) atoms. The number of ether oxygens (including phenoxy) is 1. The van der Waals surface area contributed by atoms with Gasteiger partial charge in [0.1, 0.15) is 6.61 Å². The number of benzene rings is 1. The van der Waals surface area contributed by atoms with E-state index in [1.165, 1.54) is 6.92 Å². The van der Waals surface area contributed by atoms with Crippen molar-refractivity contribution in [3.8, 4) is 0 Å². The second-order valence-electron chi connectivity index (χ2n) is 4.24. The van der Waals surface area contributed by atoms with Crippen LogP contribution in [0.4, 0.5) is 0 Å². The van der Waals surface area contributed by atoms with Crippen molar-refractivity contribution in [2.45, 2.75) is 13.5 Å². The molecule has 0 bridgehead atoms. The quantitative estimate of drug-likeness (QED) is 0.628. The number of halogens is 1. The van der Waals surface area contributed by atoms with Gasteiger partial charge in [-0.1, -0.05) is 23.7 Å². The van der Waals surface area contributed by atoms with Gasteiger partial charge in [0, 0.05) is 18.7 Å². The summed E-state index contributed by atoms with van der Waals surface area (Å²) in [5, 5.41) is 0.422. The molecule has 0 spiro atoms. The van der Waals surface area contributed by atoms with Gasteiger partial charge in [0.15, 0.2) is 0 Å². The second-order valence-corrected chi connectivity index (χ2v) is 4.64. The van der Waals surface area contributed by atoms with Gasteiger partial charge in [0.05, 0.1) is 17.3 Å². The number of esters is 1. The van der Waals surface area contributed by atoms with Crippen LogP contribution in [0.3, 0.4) is 0 Å². The first-order valence-electron chi connectivity index (χ1n) is 6.17. The van der Waals surface area contributed by atoms with Crippen LogP contribution in [0.5, 0.6) is 0 Å². The Kier molecular flexibility index (Phi) is 4.58. The minimum atomic E-state index is -0.337. The largest absolute Gasteiger partial charge is 0.464 e. The van der Waals surface area contributed by atoms with Crippen LogP contribution in [-0.4, -0.2) is 22.9 Å². The maximum atomic E-state index is 12.4. The summed E-state index contributed by atoms with van der Waals surface area (Å²) in [6.07, 6.45) is 1.77. The Morgan fingerprint density at radius 2 is 1.95 bits per heavy atom. The van der Waals surface area contributed by atoms with E-state index in [0.717, 1.165) is 0 Å². The van der Waals surface area contributed by atoms with E-state index in [9.17, 15) is 9.59 Å². The van der Waals surface area contributed by atoms with E-state index in [1.807, 2.05) is 0 Å². The Balaban J connectivity index is 2.17. The number of hydrogen-bond donors (Lipinski definition) is 0. The lowest BCUT2D eigenvalue weighted by atomic mass is 10.1. The molecule has 0 N–H and O–H groups in total. The maximum absolute atomic E-state index is 12.4. The van der Waals surface area contributed by atoms with Crippen LogP contribution in [0.2, 0.25) is 5.02 Å². The highest BCUT2D eigenvalue weighted by molar-refractivity contribution is 6.34. The Morgan fingerprint density at radius 1 is 1.20 bits per heavy atom. The highest BCUT2D eigenvalue weighted by Gasteiger charge is 2.15. The number of carbonyl (C=O) groups excluding carboxylic acids is 2. The molecule has 0 fully saturated rings. The van der Waals surface area contributed by atoms with Gasteiger partial charge in [-0.05, 0) is 24.3 Å². The van der Waals surface area contributed by atoms with Crippen molar-refractivity contribution in [3.05, 3.63) is 58.9 Å². The first-order valence-corrected chi connectivity index (χ1v) is 6.55. The number of carbonyl (C=O) groups is 2. The molecule has 1 aromatic heterocycles. The van der Waals surface area contributed by atoms with E-state index < -0.39 is 0 Å². The van der Waals surface area contributed by atoms with Crippen molar-refractivity contribution in [2.24, 2.45) is 0 Å². The minimum Gasteiger partial charge on any atom is -0.464 e. The second kappa shape index (κ2) is 6.39. The first-order chi connectivity index (χ1) is 9.59. The Morgan fingerprint density at radius 3 is 2.65 bits per heavy atom. The zero-order valence-electron chi connectivity index (χ0n) is 11.0. The zero-order valence-corrected chi connectivity index (χ0v) is 11.8. The molecule has 2 rings (SSSR count). The summed E-state index contributed by atoms with van der Waals surface area (Å²) in [6.45, 7) is 2.01. The van der Waals surface area contributed by atoms with Crippen molar-refractivity contribution in [1.29, 1.82) is 0 Å². The third-order valence-corrected chi connectivity index (χ3v) is 3.15. The van der Waals surface area contributed by atoms with Crippen molar-refractivity contribution >= 4 is 23.4 Å². The summed E-state index contributed by atoms with van der Waals surface area (Å²) in [4.78, 5) is 23.2. The summed E-state index contributed by atoms with van der Waals surface area (Å²) in [5.41, 5.74) is 0.979. The van der Waals surface area contributed by atoms with Crippen LogP contribution in [-0.2, 0) is 16.1 Å². The fourth-order valence-corrected chi connectivity index (χ4v) is 2.11. The molecule has 0 aliphatic rings. The molecule has 0 amide bonds. The van der Waals surface area contributed by atoms with E-state index in [4.69, 9.17) is 16.3 Å². The SMILES string of the molecule is CC(=O)OCCn1cccc1C(=O)c1ccccc1Cl. The third kappa shape index (κ3) is 3.27. The molecule has 2 aromatic rings. The van der Waals surface area contributed by atoms with Crippen molar-refractivity contribution in [1.82, 2.24) is 4.57 Å². The average molecular weight is 292 g/mol. The summed E-state index contributed by atoms with van der Waals surface area (Å²) >= 11 is 6.03. The predicted molar refractivity (Wildman–Crippen MR) is 75.9 cm³/mol. The molecule has 1 heterocycles. The van der Waals surface area contributed by atoms with Crippen LogP contribution in [0, 0.1) is 0 Å². The van der Waals surface area contributed by atoms with Gasteiger partial charge in [-0.2, -0.15) is 0 Å². The van der Waals surface area contributed by atoms with Crippen molar-refractivity contribution < 1.29 is 14.3 Å². The molecule has 0 unspecified atom stereocenters. The van der Waals surface area contributed by atoms with Crippen molar-refractivity contribution in [3.63, 3.8) is 0 Å². The Hall–Kier alpha value is -2.07. The van der Waals surface area contributed by atoms with Gasteiger partial charge in [-0.3, -0.25) is 9.59 Å². The standard InChI is InChI=1S/C15H14ClNO3/c1-11(18)20-10-9-17-8-4-7-14(17)15(19)12-5-2-3-6-13(12)16/h2-8H,9-10H2,1H3. The van der Waals surface area contributed by atoms with E-state index >= 15 is 0 Å². The number of nitrogens with zero attached hydrogens (tertiary/aromatic N) is 1. The van der Waals surface area contributed by atoms with Gasteiger partial charge < -0.3 is 9.30 Å². The van der Waals surface area contributed by atoms with E-state index in [0.29, 0.717) is 22.8 Å². The molecule has 4 nitrogen and oxygen atoms in total. The van der Waals surface area contributed by atoms with Gasteiger partial charge in [-0.25, -0.2) is 0 Å². The average Bonchev–Trinajstić information content (AvgIpc) is 2.86. The summed E-state index contributed by atoms with van der Waals surface area (Å²) in [7, 11) is 0. The maximum Gasteiger partial charge on any atom is 0.302 e. The molecule has 5 heteroatoms. The van der Waals surface area contributed by atoms with E-state index in [-0.39, 0.29) is 18.4 Å². The lowest BCUT2D eigenvalue weighted by molar-refractivity contribution is -0.141. The Bertz CT molecular complexity index is 634. The molecule has 0 atom stereocenters. The first kappa shape index (κ1) is 14.3. The van der Waals surface area contributed by atoms with Gasteiger partial charge in [-0.15, -0.1) is 0 Å². The van der Waals surface area contributed by atoms with Crippen LogP contribution >= 0.6 is 11.6 Å². The lowest BCUT2D eigenvalue weighted by Gasteiger charge is -2.09. The fourth-order valence-electron chi connectivity index (χ4n) is 1.89. The number of aromatic nitrogens is 1. The summed E-state index contributed by atoms with van der Waals surface area (Å²) < 4.78 is 6.63. The number of ketones is 1. The third-order valence-electron chi connectivity index (χ3n) is 2.82.